The zero-order valence-corrected chi connectivity index (χ0v) is 17.8. The van der Waals surface area contributed by atoms with Crippen molar-refractivity contribution in [1.29, 1.82) is 0 Å². The third kappa shape index (κ3) is 4.96. The fourth-order valence-electron chi connectivity index (χ4n) is 4.11. The second kappa shape index (κ2) is 9.34. The first-order valence-electron chi connectivity index (χ1n) is 10.8. The van der Waals surface area contributed by atoms with E-state index < -0.39 is 4.92 Å². The lowest BCUT2D eigenvalue weighted by Crippen LogP contribution is -2.36. The van der Waals surface area contributed by atoms with Gasteiger partial charge in [0.05, 0.1) is 18.1 Å². The van der Waals surface area contributed by atoms with Crippen molar-refractivity contribution in [2.24, 2.45) is 5.92 Å². The Kier molecular flexibility index (Phi) is 6.36. The highest BCUT2D eigenvalue weighted by molar-refractivity contribution is 6.05. The predicted octanol–water partition coefficient (Wildman–Crippen LogP) is 3.92. The Morgan fingerprint density at radius 3 is 2.35 bits per heavy atom. The van der Waals surface area contributed by atoms with Crippen molar-refractivity contribution in [1.82, 2.24) is 0 Å². The number of nitro benzene ring substituents is 1. The van der Waals surface area contributed by atoms with Gasteiger partial charge in [0.15, 0.2) is 0 Å². The largest absolute Gasteiger partial charge is 0.378 e. The van der Waals surface area contributed by atoms with Gasteiger partial charge in [0.1, 0.15) is 5.69 Å². The Labute approximate surface area is 181 Å². The molecule has 0 bridgehead atoms. The van der Waals surface area contributed by atoms with Crippen LogP contribution in [0.15, 0.2) is 42.5 Å². The maximum Gasteiger partial charge on any atom is 0.293 e. The van der Waals surface area contributed by atoms with E-state index in [2.05, 4.69) is 17.1 Å². The standard InChI is InChI=1S/C23H28N4O4/c1-17-8-10-25(11-9-17)20-5-3-19(4-6-20)24-23(28)18-2-7-21(22(16-18)27(29)30)26-12-14-31-15-13-26/h2-7,16-17H,8-15H2,1H3,(H,24,28). The molecular formula is C23H28N4O4. The molecule has 2 fully saturated rings. The Morgan fingerprint density at radius 2 is 1.71 bits per heavy atom. The molecule has 2 heterocycles. The number of hydrogen-bond donors (Lipinski definition) is 1. The number of carbonyl (C=O) groups is 1. The SMILES string of the molecule is CC1CCN(c2ccc(NC(=O)c3ccc(N4CCOCC4)c([N+](=O)[O-])c3)cc2)CC1. The Balaban J connectivity index is 1.45. The van der Waals surface area contributed by atoms with Crippen LogP contribution in [-0.2, 0) is 4.74 Å². The lowest BCUT2D eigenvalue weighted by atomic mass is 9.99. The molecule has 0 atom stereocenters. The van der Waals surface area contributed by atoms with Crippen molar-refractivity contribution in [3.8, 4) is 0 Å². The number of morpholine rings is 1. The molecule has 1 N–H and O–H groups in total. The average Bonchev–Trinajstić information content (AvgIpc) is 2.80. The molecule has 0 aliphatic carbocycles. The topological polar surface area (TPSA) is 88.0 Å². The van der Waals surface area contributed by atoms with Crippen molar-refractivity contribution < 1.29 is 14.5 Å². The summed E-state index contributed by atoms with van der Waals surface area (Å²) < 4.78 is 5.32. The Bertz CT molecular complexity index is 933. The van der Waals surface area contributed by atoms with E-state index in [1.165, 1.54) is 18.9 Å². The van der Waals surface area contributed by atoms with Gasteiger partial charge >= 0.3 is 0 Å². The van der Waals surface area contributed by atoms with Gasteiger partial charge in [-0.25, -0.2) is 0 Å². The van der Waals surface area contributed by atoms with Crippen LogP contribution in [0.4, 0.5) is 22.7 Å². The lowest BCUT2D eigenvalue weighted by molar-refractivity contribution is -0.384. The number of benzene rings is 2. The highest BCUT2D eigenvalue weighted by Crippen LogP contribution is 2.30. The number of nitro groups is 1. The number of carbonyl (C=O) groups excluding carboxylic acids is 1. The Hall–Kier alpha value is -3.13. The smallest absolute Gasteiger partial charge is 0.293 e. The van der Waals surface area contributed by atoms with Gasteiger partial charge in [0.25, 0.3) is 11.6 Å². The molecule has 8 heteroatoms. The van der Waals surface area contributed by atoms with Gasteiger partial charge in [-0.05, 0) is 55.2 Å². The van der Waals surface area contributed by atoms with Crippen LogP contribution in [0.1, 0.15) is 30.1 Å². The maximum atomic E-state index is 12.7. The summed E-state index contributed by atoms with van der Waals surface area (Å²) in [4.78, 5) is 28.2. The van der Waals surface area contributed by atoms with Gasteiger partial charge in [-0.1, -0.05) is 6.92 Å². The minimum Gasteiger partial charge on any atom is -0.378 e. The third-order valence-corrected chi connectivity index (χ3v) is 6.06. The van der Waals surface area contributed by atoms with Crippen LogP contribution < -0.4 is 15.1 Å². The number of piperidine rings is 1. The summed E-state index contributed by atoms with van der Waals surface area (Å²) in [6, 6.07) is 12.4. The summed E-state index contributed by atoms with van der Waals surface area (Å²) in [6.45, 7) is 6.63. The highest BCUT2D eigenvalue weighted by Gasteiger charge is 2.23. The molecule has 31 heavy (non-hydrogen) atoms. The summed E-state index contributed by atoms with van der Waals surface area (Å²) in [5.74, 6) is 0.407. The van der Waals surface area contributed by atoms with Gasteiger partial charge in [-0.15, -0.1) is 0 Å². The number of amides is 1. The van der Waals surface area contributed by atoms with Crippen molar-refractivity contribution in [3.05, 3.63) is 58.1 Å². The normalized spacial score (nSPS) is 17.5. The fourth-order valence-corrected chi connectivity index (χ4v) is 4.11. The third-order valence-electron chi connectivity index (χ3n) is 6.06. The molecule has 1 amide bonds. The second-order valence-electron chi connectivity index (χ2n) is 8.23. The van der Waals surface area contributed by atoms with E-state index in [1.807, 2.05) is 29.2 Å². The van der Waals surface area contributed by atoms with E-state index in [1.54, 1.807) is 12.1 Å². The first-order valence-corrected chi connectivity index (χ1v) is 10.8. The molecule has 0 radical (unpaired) electrons. The van der Waals surface area contributed by atoms with E-state index in [4.69, 9.17) is 4.74 Å². The Morgan fingerprint density at radius 1 is 1.03 bits per heavy atom. The number of rotatable bonds is 5. The summed E-state index contributed by atoms with van der Waals surface area (Å²) in [6.07, 6.45) is 2.38. The van der Waals surface area contributed by atoms with Gasteiger partial charge in [0, 0.05) is 49.2 Å². The van der Waals surface area contributed by atoms with Crippen molar-refractivity contribution in [3.63, 3.8) is 0 Å². The predicted molar refractivity (Wildman–Crippen MR) is 121 cm³/mol. The summed E-state index contributed by atoms with van der Waals surface area (Å²) >= 11 is 0. The van der Waals surface area contributed by atoms with Crippen LogP contribution in [0.25, 0.3) is 0 Å². The van der Waals surface area contributed by atoms with E-state index in [9.17, 15) is 14.9 Å². The van der Waals surface area contributed by atoms with Gasteiger partial charge in [-0.3, -0.25) is 14.9 Å². The number of nitrogens with zero attached hydrogens (tertiary/aromatic N) is 3. The number of ether oxygens (including phenoxy) is 1. The minimum absolute atomic E-state index is 0.0655. The minimum atomic E-state index is -0.435. The van der Waals surface area contributed by atoms with Crippen molar-refractivity contribution in [2.75, 3.05) is 54.5 Å². The molecule has 8 nitrogen and oxygen atoms in total. The quantitative estimate of drug-likeness (QED) is 0.578. The molecule has 164 valence electrons. The zero-order chi connectivity index (χ0) is 21.8. The summed E-state index contributed by atoms with van der Waals surface area (Å²) in [5.41, 5.74) is 2.53. The van der Waals surface area contributed by atoms with Crippen LogP contribution in [-0.4, -0.2) is 50.2 Å². The van der Waals surface area contributed by atoms with Gasteiger partial charge < -0.3 is 19.9 Å². The van der Waals surface area contributed by atoms with Crippen LogP contribution >= 0.6 is 0 Å². The zero-order valence-electron chi connectivity index (χ0n) is 17.8. The van der Waals surface area contributed by atoms with E-state index in [-0.39, 0.29) is 17.2 Å². The molecule has 0 unspecified atom stereocenters. The molecule has 2 saturated heterocycles. The molecule has 2 aliphatic heterocycles. The monoisotopic (exact) mass is 424 g/mol. The molecule has 2 aromatic carbocycles. The van der Waals surface area contributed by atoms with Crippen LogP contribution in [0.5, 0.6) is 0 Å². The number of anilines is 3. The maximum absolute atomic E-state index is 12.7. The molecule has 0 saturated carbocycles. The molecule has 4 rings (SSSR count). The van der Waals surface area contributed by atoms with Crippen LogP contribution in [0.2, 0.25) is 0 Å². The molecule has 0 spiro atoms. The van der Waals surface area contributed by atoms with E-state index >= 15 is 0 Å². The highest BCUT2D eigenvalue weighted by atomic mass is 16.6. The van der Waals surface area contributed by atoms with Crippen molar-refractivity contribution in [2.45, 2.75) is 19.8 Å². The summed E-state index contributed by atoms with van der Waals surface area (Å²) in [5, 5.41) is 14.5. The van der Waals surface area contributed by atoms with Crippen LogP contribution in [0, 0.1) is 16.0 Å². The second-order valence-corrected chi connectivity index (χ2v) is 8.23. The van der Waals surface area contributed by atoms with Crippen LogP contribution in [0.3, 0.4) is 0 Å². The van der Waals surface area contributed by atoms with Crippen molar-refractivity contribution >= 4 is 28.7 Å². The van der Waals surface area contributed by atoms with Gasteiger partial charge in [-0.2, -0.15) is 0 Å². The molecule has 2 aliphatic rings. The average molecular weight is 425 g/mol. The number of hydrogen-bond acceptors (Lipinski definition) is 6. The molecule has 0 aromatic heterocycles. The lowest BCUT2D eigenvalue weighted by Gasteiger charge is -2.32. The van der Waals surface area contributed by atoms with E-state index in [0.717, 1.165) is 24.7 Å². The first kappa shape index (κ1) is 21.1. The summed E-state index contributed by atoms with van der Waals surface area (Å²) in [7, 11) is 0. The number of nitrogens with one attached hydrogen (secondary N) is 1. The molecule has 2 aromatic rings. The van der Waals surface area contributed by atoms with E-state index in [0.29, 0.717) is 37.7 Å². The fraction of sp³-hybridized carbons (Fsp3) is 0.435. The van der Waals surface area contributed by atoms with Gasteiger partial charge in [0.2, 0.25) is 0 Å². The first-order chi connectivity index (χ1) is 15.0. The molecular weight excluding hydrogens is 396 g/mol.